The minimum atomic E-state index is -0.389. The highest BCUT2D eigenvalue weighted by atomic mass is 16.2. The highest BCUT2D eigenvalue weighted by Gasteiger charge is 2.30. The van der Waals surface area contributed by atoms with Crippen LogP contribution in [0.1, 0.15) is 15.9 Å². The van der Waals surface area contributed by atoms with Crippen molar-refractivity contribution < 1.29 is 4.79 Å². The zero-order valence-corrected chi connectivity index (χ0v) is 10.2. The van der Waals surface area contributed by atoms with E-state index in [9.17, 15) is 9.59 Å². The fourth-order valence-corrected chi connectivity index (χ4v) is 2.71. The Balaban J connectivity index is 2.25. The number of hydrogen-bond acceptors (Lipinski definition) is 3. The van der Waals surface area contributed by atoms with E-state index >= 15 is 0 Å². The van der Waals surface area contributed by atoms with Crippen molar-refractivity contribution in [3.8, 4) is 17.5 Å². The second-order valence-electron chi connectivity index (χ2n) is 4.61. The number of nitrogens with one attached hydrogen (secondary N) is 1. The highest BCUT2D eigenvalue weighted by molar-refractivity contribution is 6.10. The van der Waals surface area contributed by atoms with Gasteiger partial charge in [-0.2, -0.15) is 5.26 Å². The van der Waals surface area contributed by atoms with Gasteiger partial charge in [-0.1, -0.05) is 6.07 Å². The van der Waals surface area contributed by atoms with Gasteiger partial charge >= 0.3 is 0 Å². The van der Waals surface area contributed by atoms with Gasteiger partial charge in [0.2, 0.25) is 5.43 Å². The van der Waals surface area contributed by atoms with Crippen LogP contribution < -0.4 is 5.43 Å². The molecule has 1 aromatic carbocycles. The van der Waals surface area contributed by atoms with Crippen molar-refractivity contribution in [1.29, 1.82) is 5.26 Å². The second kappa shape index (κ2) is 3.45. The van der Waals surface area contributed by atoms with E-state index in [1.807, 2.05) is 6.07 Å². The molecule has 94 valence electrons. The predicted molar refractivity (Wildman–Crippen MR) is 72.4 cm³/mol. The van der Waals surface area contributed by atoms with Gasteiger partial charge in [0.15, 0.2) is 0 Å². The fourth-order valence-electron chi connectivity index (χ4n) is 2.71. The van der Waals surface area contributed by atoms with E-state index in [2.05, 4.69) is 4.98 Å². The molecule has 0 aliphatic carbocycles. The van der Waals surface area contributed by atoms with E-state index in [1.54, 1.807) is 36.5 Å². The predicted octanol–water partition coefficient (Wildman–Crippen LogP) is 1.87. The maximum absolute atomic E-state index is 12.6. The largest absolute Gasteiger partial charge is 0.352 e. The summed E-state index contributed by atoms with van der Waals surface area (Å²) in [5.74, 6) is -0.351. The number of nitriles is 1. The van der Waals surface area contributed by atoms with E-state index in [0.29, 0.717) is 16.9 Å². The number of pyridine rings is 1. The van der Waals surface area contributed by atoms with Gasteiger partial charge in [0.25, 0.3) is 5.91 Å². The average Bonchev–Trinajstić information content (AvgIpc) is 3.03. The summed E-state index contributed by atoms with van der Waals surface area (Å²) < 4.78 is 1.44. The van der Waals surface area contributed by atoms with Crippen LogP contribution in [0.4, 0.5) is 0 Å². The molecule has 1 N–H and O–H groups in total. The summed E-state index contributed by atoms with van der Waals surface area (Å²) in [6.07, 6.45) is 1.63. The van der Waals surface area contributed by atoms with Gasteiger partial charge in [0.1, 0.15) is 5.56 Å². The molecular formula is C15H7N3O2. The van der Waals surface area contributed by atoms with Crippen LogP contribution in [0.25, 0.3) is 22.3 Å². The second-order valence-corrected chi connectivity index (χ2v) is 4.61. The first kappa shape index (κ1) is 10.8. The fraction of sp³-hybridized carbons (Fsp3) is 0. The van der Waals surface area contributed by atoms with Crippen LogP contribution in [-0.2, 0) is 0 Å². The van der Waals surface area contributed by atoms with Crippen LogP contribution in [0.15, 0.2) is 41.3 Å². The maximum Gasteiger partial charge on any atom is 0.268 e. The summed E-state index contributed by atoms with van der Waals surface area (Å²) in [5.41, 5.74) is 1.75. The molecule has 20 heavy (non-hydrogen) atoms. The Morgan fingerprint density at radius 3 is 2.80 bits per heavy atom. The lowest BCUT2D eigenvalue weighted by Gasteiger charge is -2.03. The first-order valence-electron chi connectivity index (χ1n) is 6.04. The monoisotopic (exact) mass is 261 g/mol. The summed E-state index contributed by atoms with van der Waals surface area (Å²) in [5, 5.41) is 9.39. The van der Waals surface area contributed by atoms with E-state index in [4.69, 9.17) is 5.26 Å². The average molecular weight is 261 g/mol. The van der Waals surface area contributed by atoms with Gasteiger partial charge in [0.05, 0.1) is 33.9 Å². The van der Waals surface area contributed by atoms with Crippen LogP contribution in [0.5, 0.6) is 0 Å². The molecule has 2 aromatic heterocycles. The zero-order valence-electron chi connectivity index (χ0n) is 10.2. The normalized spacial score (nSPS) is 12.2. The van der Waals surface area contributed by atoms with Gasteiger partial charge in [-0.15, -0.1) is 0 Å². The number of carbonyl (C=O) groups excluding carboxylic acids is 1. The molecule has 3 heterocycles. The maximum atomic E-state index is 12.6. The number of fused-ring (bicyclic) bond motifs is 4. The quantitative estimate of drug-likeness (QED) is 0.524. The number of benzene rings is 1. The zero-order chi connectivity index (χ0) is 13.9. The van der Waals surface area contributed by atoms with E-state index in [1.165, 1.54) is 4.57 Å². The van der Waals surface area contributed by atoms with E-state index in [-0.39, 0.29) is 27.8 Å². The molecule has 0 amide bonds. The Hall–Kier alpha value is -3.13. The molecule has 0 fully saturated rings. The van der Waals surface area contributed by atoms with Crippen molar-refractivity contribution in [2.24, 2.45) is 0 Å². The minimum absolute atomic E-state index is 0.107. The number of carbonyl (C=O) groups is 1. The van der Waals surface area contributed by atoms with Gasteiger partial charge < -0.3 is 4.98 Å². The Bertz CT molecular complexity index is 1000. The number of rotatable bonds is 0. The van der Waals surface area contributed by atoms with Crippen molar-refractivity contribution in [3.63, 3.8) is 0 Å². The summed E-state index contributed by atoms with van der Waals surface area (Å²) >= 11 is 0. The van der Waals surface area contributed by atoms with E-state index in [0.717, 1.165) is 0 Å². The summed E-state index contributed by atoms with van der Waals surface area (Å²) in [6.45, 7) is 0. The first-order valence-corrected chi connectivity index (χ1v) is 6.04. The summed E-state index contributed by atoms with van der Waals surface area (Å²) in [7, 11) is 0. The third-order valence-corrected chi connectivity index (χ3v) is 3.59. The molecule has 3 aromatic rings. The van der Waals surface area contributed by atoms with Crippen LogP contribution in [-0.4, -0.2) is 15.5 Å². The van der Waals surface area contributed by atoms with Gasteiger partial charge in [-0.05, 0) is 24.3 Å². The number of nitrogens with zero attached hydrogens (tertiary/aromatic N) is 2. The van der Waals surface area contributed by atoms with Crippen LogP contribution >= 0.6 is 0 Å². The van der Waals surface area contributed by atoms with E-state index < -0.39 is 0 Å². The van der Waals surface area contributed by atoms with Crippen LogP contribution in [0.3, 0.4) is 0 Å². The van der Waals surface area contributed by atoms with Crippen molar-refractivity contribution in [1.82, 2.24) is 9.55 Å². The molecule has 1 aliphatic heterocycles. The Morgan fingerprint density at radius 1 is 1.15 bits per heavy atom. The molecule has 1 aliphatic rings. The molecule has 5 heteroatoms. The topological polar surface area (TPSA) is 78.7 Å². The van der Waals surface area contributed by atoms with Gasteiger partial charge in [0, 0.05) is 6.20 Å². The van der Waals surface area contributed by atoms with Gasteiger partial charge in [-0.3, -0.25) is 14.2 Å². The summed E-state index contributed by atoms with van der Waals surface area (Å²) in [6, 6.07) is 10.5. The Labute approximate surface area is 112 Å². The molecule has 0 unspecified atom stereocenters. The third-order valence-electron chi connectivity index (χ3n) is 3.59. The molecule has 5 nitrogen and oxygen atoms in total. The van der Waals surface area contributed by atoms with Crippen LogP contribution in [0, 0.1) is 11.3 Å². The standard InChI is InChI=1S/C15H7N3O2/c16-7-8-3-1-4-9-11(8)14(19)12-13(17-9)10-5-2-6-18(10)15(12)20/h1-6H,(H,17,19). The molecular weight excluding hydrogens is 254 g/mol. The van der Waals surface area contributed by atoms with Crippen LogP contribution in [0.2, 0.25) is 0 Å². The lowest BCUT2D eigenvalue weighted by atomic mass is 10.0. The Morgan fingerprint density at radius 2 is 2.00 bits per heavy atom. The summed E-state index contributed by atoms with van der Waals surface area (Å²) in [4.78, 5) is 27.9. The number of aromatic nitrogens is 2. The number of hydrogen-bond donors (Lipinski definition) is 1. The molecule has 0 saturated heterocycles. The molecule has 0 atom stereocenters. The number of aromatic amines is 1. The molecule has 0 radical (unpaired) electrons. The third kappa shape index (κ3) is 1.11. The highest BCUT2D eigenvalue weighted by Crippen LogP contribution is 2.30. The molecule has 0 saturated carbocycles. The van der Waals surface area contributed by atoms with Crippen molar-refractivity contribution in [2.45, 2.75) is 0 Å². The molecule has 0 spiro atoms. The molecule has 0 bridgehead atoms. The van der Waals surface area contributed by atoms with Crippen molar-refractivity contribution in [3.05, 3.63) is 57.9 Å². The van der Waals surface area contributed by atoms with Crippen molar-refractivity contribution >= 4 is 16.8 Å². The number of H-pyrrole nitrogens is 1. The lowest BCUT2D eigenvalue weighted by Crippen LogP contribution is -2.17. The van der Waals surface area contributed by atoms with Crippen molar-refractivity contribution in [2.75, 3.05) is 0 Å². The minimum Gasteiger partial charge on any atom is -0.352 e. The first-order chi connectivity index (χ1) is 9.72. The SMILES string of the molecule is N#Cc1cccc2[nH]c3c(c(=O)c12)C(=O)n1cccc1-3. The lowest BCUT2D eigenvalue weighted by molar-refractivity contribution is 0.0968. The Kier molecular flexibility index (Phi) is 1.86. The van der Waals surface area contributed by atoms with Gasteiger partial charge in [-0.25, -0.2) is 0 Å². The molecule has 4 rings (SSSR count). The smallest absolute Gasteiger partial charge is 0.268 e.